The Morgan fingerprint density at radius 1 is 1.59 bits per heavy atom. The molecule has 0 spiro atoms. The summed E-state index contributed by atoms with van der Waals surface area (Å²) in [6.07, 6.45) is 4.26. The molecule has 0 aliphatic carbocycles. The minimum absolute atomic E-state index is 0.184. The number of aromatic nitrogens is 2. The molecule has 5 heteroatoms. The summed E-state index contributed by atoms with van der Waals surface area (Å²) in [7, 11) is 0. The van der Waals surface area contributed by atoms with Gasteiger partial charge in [-0.05, 0) is 13.8 Å². The van der Waals surface area contributed by atoms with Crippen molar-refractivity contribution in [3.63, 3.8) is 0 Å². The van der Waals surface area contributed by atoms with E-state index in [9.17, 15) is 0 Å². The molecule has 1 unspecified atom stereocenters. The molecule has 1 atom stereocenters. The molecule has 0 amide bonds. The van der Waals surface area contributed by atoms with Crippen LogP contribution in [0.5, 0.6) is 0 Å². The largest absolute Gasteiger partial charge is 0.374 e. The van der Waals surface area contributed by atoms with E-state index in [-0.39, 0.29) is 6.10 Å². The molecule has 1 saturated heterocycles. The van der Waals surface area contributed by atoms with Crippen LogP contribution >= 0.6 is 0 Å². The molecule has 1 aromatic heterocycles. The highest BCUT2D eigenvalue weighted by Gasteiger charge is 2.19. The third kappa shape index (κ3) is 3.28. The van der Waals surface area contributed by atoms with E-state index in [1.54, 1.807) is 0 Å². The zero-order valence-electron chi connectivity index (χ0n) is 10.7. The summed E-state index contributed by atoms with van der Waals surface area (Å²) in [6.45, 7) is 8.48. The van der Waals surface area contributed by atoms with Gasteiger partial charge < -0.3 is 10.5 Å². The van der Waals surface area contributed by atoms with Gasteiger partial charge in [-0.3, -0.25) is 9.58 Å². The van der Waals surface area contributed by atoms with Crippen LogP contribution < -0.4 is 5.73 Å². The number of nitrogens with two attached hydrogens (primary N) is 1. The summed E-state index contributed by atoms with van der Waals surface area (Å²) >= 11 is 0. The summed E-state index contributed by atoms with van der Waals surface area (Å²) in [5.41, 5.74) is 6.90. The van der Waals surface area contributed by atoms with Gasteiger partial charge in [-0.1, -0.05) is 0 Å². The second-order valence-electron chi connectivity index (χ2n) is 4.89. The highest BCUT2D eigenvalue weighted by atomic mass is 16.5. The highest BCUT2D eigenvalue weighted by molar-refractivity contribution is 5.04. The summed E-state index contributed by atoms with van der Waals surface area (Å²) in [5, 5.41) is 4.35. The fourth-order valence-corrected chi connectivity index (χ4v) is 2.07. The minimum atomic E-state index is 0.184. The van der Waals surface area contributed by atoms with Crippen LogP contribution in [-0.2, 0) is 11.3 Å². The van der Waals surface area contributed by atoms with Crippen molar-refractivity contribution in [1.29, 1.82) is 0 Å². The summed E-state index contributed by atoms with van der Waals surface area (Å²) < 4.78 is 7.55. The van der Waals surface area contributed by atoms with Crippen molar-refractivity contribution < 1.29 is 4.74 Å². The van der Waals surface area contributed by atoms with Crippen molar-refractivity contribution in [2.24, 2.45) is 5.73 Å². The molecule has 2 heterocycles. The maximum atomic E-state index is 5.63. The van der Waals surface area contributed by atoms with E-state index in [2.05, 4.69) is 30.0 Å². The number of hydrogen-bond acceptors (Lipinski definition) is 4. The maximum absolute atomic E-state index is 5.63. The van der Waals surface area contributed by atoms with E-state index in [0.717, 1.165) is 26.2 Å². The average molecular weight is 238 g/mol. The average Bonchev–Trinajstić information content (AvgIpc) is 2.78. The molecule has 0 saturated carbocycles. The van der Waals surface area contributed by atoms with Crippen molar-refractivity contribution in [3.05, 3.63) is 18.0 Å². The molecular formula is C12H22N4O. The van der Waals surface area contributed by atoms with Crippen LogP contribution in [-0.4, -0.2) is 47.0 Å². The molecule has 0 aromatic carbocycles. The molecule has 5 nitrogen and oxygen atoms in total. The number of ether oxygens (including phenoxy) is 1. The Balaban J connectivity index is 1.91. The minimum Gasteiger partial charge on any atom is -0.374 e. The Labute approximate surface area is 103 Å². The van der Waals surface area contributed by atoms with Crippen molar-refractivity contribution >= 4 is 0 Å². The van der Waals surface area contributed by atoms with Crippen LogP contribution in [0.1, 0.15) is 25.5 Å². The molecule has 0 radical (unpaired) electrons. The Bertz CT molecular complexity index is 350. The fourth-order valence-electron chi connectivity index (χ4n) is 2.07. The van der Waals surface area contributed by atoms with Crippen molar-refractivity contribution in [2.75, 3.05) is 26.2 Å². The summed E-state index contributed by atoms with van der Waals surface area (Å²) in [5.74, 6) is 0. The van der Waals surface area contributed by atoms with Crippen molar-refractivity contribution in [2.45, 2.75) is 32.5 Å². The smallest absolute Gasteiger partial charge is 0.0824 e. The van der Waals surface area contributed by atoms with Gasteiger partial charge in [-0.2, -0.15) is 5.10 Å². The van der Waals surface area contributed by atoms with Crippen molar-refractivity contribution in [1.82, 2.24) is 14.7 Å². The van der Waals surface area contributed by atoms with E-state index >= 15 is 0 Å². The Morgan fingerprint density at radius 2 is 2.41 bits per heavy atom. The molecule has 1 aliphatic rings. The first-order valence-corrected chi connectivity index (χ1v) is 6.26. The molecule has 2 N–H and O–H groups in total. The van der Waals surface area contributed by atoms with Crippen LogP contribution in [0.2, 0.25) is 0 Å². The first kappa shape index (κ1) is 12.5. The second kappa shape index (κ2) is 5.62. The van der Waals surface area contributed by atoms with Gasteiger partial charge in [0.15, 0.2) is 0 Å². The Hall–Kier alpha value is -0.910. The lowest BCUT2D eigenvalue weighted by atomic mass is 10.2. The summed E-state index contributed by atoms with van der Waals surface area (Å²) in [6, 6.07) is 0.422. The molecule has 96 valence electrons. The Morgan fingerprint density at radius 3 is 3.06 bits per heavy atom. The first-order valence-electron chi connectivity index (χ1n) is 6.26. The van der Waals surface area contributed by atoms with E-state index in [1.165, 1.54) is 5.56 Å². The van der Waals surface area contributed by atoms with Gasteiger partial charge in [0.05, 0.1) is 18.9 Å². The van der Waals surface area contributed by atoms with Crippen LogP contribution in [0.4, 0.5) is 0 Å². The standard InChI is InChI=1S/C12H22N4O/c1-10(2)16-8-11(6-14-16)7-15-3-4-17-12(5-13)9-15/h6,8,10,12H,3-5,7,9,13H2,1-2H3. The van der Waals surface area contributed by atoms with Crippen LogP contribution in [0.3, 0.4) is 0 Å². The van der Waals surface area contributed by atoms with Gasteiger partial charge in [0.25, 0.3) is 0 Å². The zero-order chi connectivity index (χ0) is 12.3. The molecule has 1 aromatic rings. The quantitative estimate of drug-likeness (QED) is 0.835. The number of morpholine rings is 1. The fraction of sp³-hybridized carbons (Fsp3) is 0.750. The van der Waals surface area contributed by atoms with Gasteiger partial charge in [0.2, 0.25) is 0 Å². The van der Waals surface area contributed by atoms with Crippen LogP contribution in [0.25, 0.3) is 0 Å². The normalized spacial score (nSPS) is 22.2. The third-order valence-corrected chi connectivity index (χ3v) is 3.08. The van der Waals surface area contributed by atoms with E-state index in [1.807, 2.05) is 10.9 Å². The lowest BCUT2D eigenvalue weighted by Crippen LogP contribution is -2.45. The van der Waals surface area contributed by atoms with E-state index in [4.69, 9.17) is 10.5 Å². The van der Waals surface area contributed by atoms with E-state index < -0.39 is 0 Å². The predicted molar refractivity (Wildman–Crippen MR) is 66.7 cm³/mol. The maximum Gasteiger partial charge on any atom is 0.0824 e. The first-order chi connectivity index (χ1) is 8.19. The van der Waals surface area contributed by atoms with Gasteiger partial charge in [0.1, 0.15) is 0 Å². The lowest BCUT2D eigenvalue weighted by molar-refractivity contribution is -0.0260. The number of hydrogen-bond donors (Lipinski definition) is 1. The third-order valence-electron chi connectivity index (χ3n) is 3.08. The lowest BCUT2D eigenvalue weighted by Gasteiger charge is -2.31. The van der Waals surface area contributed by atoms with Gasteiger partial charge in [-0.15, -0.1) is 0 Å². The molecular weight excluding hydrogens is 216 g/mol. The SMILES string of the molecule is CC(C)n1cc(CN2CCOC(CN)C2)cn1. The number of nitrogens with zero attached hydrogens (tertiary/aromatic N) is 3. The molecule has 1 aliphatic heterocycles. The molecule has 1 fully saturated rings. The molecule has 2 rings (SSSR count). The van der Waals surface area contributed by atoms with Crippen molar-refractivity contribution in [3.8, 4) is 0 Å². The van der Waals surface area contributed by atoms with Crippen LogP contribution in [0.15, 0.2) is 12.4 Å². The topological polar surface area (TPSA) is 56.3 Å². The Kier molecular flexibility index (Phi) is 4.15. The monoisotopic (exact) mass is 238 g/mol. The van der Waals surface area contributed by atoms with Gasteiger partial charge >= 0.3 is 0 Å². The molecule has 0 bridgehead atoms. The highest BCUT2D eigenvalue weighted by Crippen LogP contribution is 2.11. The summed E-state index contributed by atoms with van der Waals surface area (Å²) in [4.78, 5) is 2.38. The van der Waals surface area contributed by atoms with E-state index in [0.29, 0.717) is 12.6 Å². The van der Waals surface area contributed by atoms with Gasteiger partial charge in [0, 0.05) is 44.0 Å². The second-order valence-corrected chi connectivity index (χ2v) is 4.89. The molecule has 17 heavy (non-hydrogen) atoms. The predicted octanol–water partition coefficient (Wildman–Crippen LogP) is 0.624. The number of rotatable bonds is 4. The van der Waals surface area contributed by atoms with Crippen LogP contribution in [0, 0.1) is 0 Å². The zero-order valence-corrected chi connectivity index (χ0v) is 10.7. The van der Waals surface area contributed by atoms with Gasteiger partial charge in [-0.25, -0.2) is 0 Å².